The lowest BCUT2D eigenvalue weighted by Crippen LogP contribution is -2.21. The maximum Gasteiger partial charge on any atom is 0.143 e. The number of thiazole rings is 1. The minimum Gasteiger partial charge on any atom is -0.381 e. The molecule has 6 rings (SSSR count). The molecular weight excluding hydrogens is 444 g/mol. The van der Waals surface area contributed by atoms with Gasteiger partial charge in [0.1, 0.15) is 22.3 Å². The van der Waals surface area contributed by atoms with E-state index in [2.05, 4.69) is 45.3 Å². The summed E-state index contributed by atoms with van der Waals surface area (Å²) < 4.78 is 6.71. The Morgan fingerprint density at radius 3 is 2.85 bits per heavy atom. The molecule has 4 aromatic rings. The molecule has 0 saturated carbocycles. The summed E-state index contributed by atoms with van der Waals surface area (Å²) in [6, 6.07) is 10.3. The van der Waals surface area contributed by atoms with Crippen molar-refractivity contribution in [1.29, 1.82) is 0 Å². The van der Waals surface area contributed by atoms with Crippen LogP contribution in [0.3, 0.4) is 0 Å². The molecule has 34 heavy (non-hydrogen) atoms. The van der Waals surface area contributed by atoms with Gasteiger partial charge in [-0.3, -0.25) is 9.88 Å². The number of aromatic nitrogens is 4. The predicted octanol–water partition coefficient (Wildman–Crippen LogP) is 5.30. The van der Waals surface area contributed by atoms with E-state index in [0.717, 1.165) is 83.1 Å². The summed E-state index contributed by atoms with van der Waals surface area (Å²) in [4.78, 5) is 21.5. The molecule has 7 nitrogen and oxygen atoms in total. The van der Waals surface area contributed by atoms with Crippen LogP contribution >= 0.6 is 11.3 Å². The van der Waals surface area contributed by atoms with Gasteiger partial charge < -0.3 is 10.1 Å². The number of ether oxygens (including phenoxy) is 1. The maximum absolute atomic E-state index is 5.67. The minimum atomic E-state index is 0.442. The van der Waals surface area contributed by atoms with E-state index in [1.165, 1.54) is 18.4 Å². The third kappa shape index (κ3) is 4.41. The standard InChI is InChI=1S/C26H28N6OS/c1-17-5-4-9-27-25(17)26-30-20-13-24(28-14-22(20)34-26)31-23-7-6-19(18-8-12-33-16-18)21(29-23)15-32-10-2-3-11-32/h4-7,9,13-14,18H,2-3,8,10-12,15-16H2,1H3,(H,28,29,31)/t18-/m0/s1. The fraction of sp³-hybridized carbons (Fsp3) is 0.385. The maximum atomic E-state index is 5.67. The van der Waals surface area contributed by atoms with Crippen molar-refractivity contribution >= 4 is 33.2 Å². The number of hydrogen-bond acceptors (Lipinski definition) is 8. The Labute approximate surface area is 203 Å². The Kier molecular flexibility index (Phi) is 5.95. The summed E-state index contributed by atoms with van der Waals surface area (Å²) in [5.74, 6) is 2.01. The Morgan fingerprint density at radius 2 is 2.03 bits per heavy atom. The van der Waals surface area contributed by atoms with Gasteiger partial charge in [-0.15, -0.1) is 11.3 Å². The Balaban J connectivity index is 1.27. The zero-order chi connectivity index (χ0) is 22.9. The van der Waals surface area contributed by atoms with Crippen molar-refractivity contribution in [1.82, 2.24) is 24.8 Å². The van der Waals surface area contributed by atoms with E-state index in [0.29, 0.717) is 5.92 Å². The second-order valence-corrected chi connectivity index (χ2v) is 10.2. The average molecular weight is 473 g/mol. The lowest BCUT2D eigenvalue weighted by atomic mass is 9.96. The average Bonchev–Trinajstić information content (AvgIpc) is 3.62. The molecule has 6 heterocycles. The van der Waals surface area contributed by atoms with Gasteiger partial charge in [-0.05, 0) is 62.5 Å². The summed E-state index contributed by atoms with van der Waals surface area (Å²) in [7, 11) is 0. The van der Waals surface area contributed by atoms with Gasteiger partial charge in [-0.2, -0.15) is 0 Å². The van der Waals surface area contributed by atoms with E-state index in [9.17, 15) is 0 Å². The third-order valence-electron chi connectivity index (χ3n) is 6.69. The first-order valence-electron chi connectivity index (χ1n) is 12.0. The molecule has 0 aromatic carbocycles. The fourth-order valence-corrected chi connectivity index (χ4v) is 5.83. The normalized spacial score (nSPS) is 18.7. The number of pyridine rings is 3. The predicted molar refractivity (Wildman–Crippen MR) is 136 cm³/mol. The molecule has 2 saturated heterocycles. The van der Waals surface area contributed by atoms with Gasteiger partial charge in [0.2, 0.25) is 0 Å². The Morgan fingerprint density at radius 1 is 1.12 bits per heavy atom. The molecular formula is C26H28N6OS. The first kappa shape index (κ1) is 21.6. The largest absolute Gasteiger partial charge is 0.381 e. The van der Waals surface area contributed by atoms with Crippen molar-refractivity contribution in [3.8, 4) is 10.7 Å². The van der Waals surface area contributed by atoms with Crippen molar-refractivity contribution in [2.75, 3.05) is 31.6 Å². The van der Waals surface area contributed by atoms with Crippen molar-refractivity contribution in [3.63, 3.8) is 0 Å². The zero-order valence-corrected chi connectivity index (χ0v) is 20.1. The fourth-order valence-electron chi connectivity index (χ4n) is 4.86. The van der Waals surface area contributed by atoms with Gasteiger partial charge >= 0.3 is 0 Å². The molecule has 2 aliphatic rings. The van der Waals surface area contributed by atoms with Crippen LogP contribution in [0.15, 0.2) is 42.7 Å². The van der Waals surface area contributed by atoms with E-state index in [-0.39, 0.29) is 0 Å². The number of hydrogen-bond donors (Lipinski definition) is 1. The van der Waals surface area contributed by atoms with Crippen molar-refractivity contribution < 1.29 is 4.74 Å². The van der Waals surface area contributed by atoms with Gasteiger partial charge in [0.25, 0.3) is 0 Å². The van der Waals surface area contributed by atoms with Crippen LogP contribution in [0, 0.1) is 6.92 Å². The van der Waals surface area contributed by atoms with E-state index in [1.807, 2.05) is 24.5 Å². The van der Waals surface area contributed by atoms with E-state index in [4.69, 9.17) is 14.7 Å². The molecule has 1 N–H and O–H groups in total. The van der Waals surface area contributed by atoms with Crippen LogP contribution in [0.5, 0.6) is 0 Å². The summed E-state index contributed by atoms with van der Waals surface area (Å²) in [6.07, 6.45) is 7.31. The van der Waals surface area contributed by atoms with Gasteiger partial charge in [0, 0.05) is 37.5 Å². The first-order chi connectivity index (χ1) is 16.7. The molecule has 0 spiro atoms. The molecule has 0 radical (unpaired) electrons. The zero-order valence-electron chi connectivity index (χ0n) is 19.3. The summed E-state index contributed by atoms with van der Waals surface area (Å²) in [5.41, 5.74) is 5.45. The van der Waals surface area contributed by atoms with Crippen LogP contribution < -0.4 is 5.32 Å². The van der Waals surface area contributed by atoms with Gasteiger partial charge in [-0.25, -0.2) is 15.0 Å². The first-order valence-corrected chi connectivity index (χ1v) is 12.8. The van der Waals surface area contributed by atoms with Crippen molar-refractivity contribution in [2.24, 2.45) is 0 Å². The smallest absolute Gasteiger partial charge is 0.143 e. The highest BCUT2D eigenvalue weighted by atomic mass is 32.1. The molecule has 0 aliphatic carbocycles. The topological polar surface area (TPSA) is 76.1 Å². The van der Waals surface area contributed by atoms with E-state index in [1.54, 1.807) is 11.3 Å². The quantitative estimate of drug-likeness (QED) is 0.408. The van der Waals surface area contributed by atoms with Crippen LogP contribution in [0.4, 0.5) is 11.6 Å². The van der Waals surface area contributed by atoms with Crippen molar-refractivity contribution in [3.05, 3.63) is 59.5 Å². The number of rotatable bonds is 6. The second-order valence-electron chi connectivity index (χ2n) is 9.13. The molecule has 2 aliphatic heterocycles. The number of nitrogens with one attached hydrogen (secondary N) is 1. The summed E-state index contributed by atoms with van der Waals surface area (Å²) in [5, 5.41) is 4.33. The molecule has 0 amide bonds. The Hall–Kier alpha value is -2.94. The molecule has 4 aromatic heterocycles. The van der Waals surface area contributed by atoms with Crippen LogP contribution in [-0.4, -0.2) is 51.1 Å². The SMILES string of the molecule is Cc1cccnc1-c1nc2cc(Nc3ccc([C@H]4CCOC4)c(CN4CCCC4)n3)ncc2s1. The number of anilines is 2. The molecule has 8 heteroatoms. The van der Waals surface area contributed by atoms with Crippen LogP contribution in [-0.2, 0) is 11.3 Å². The van der Waals surface area contributed by atoms with Crippen LogP contribution in [0.25, 0.3) is 20.9 Å². The molecule has 174 valence electrons. The third-order valence-corrected chi connectivity index (χ3v) is 7.71. The molecule has 2 fully saturated rings. The van der Waals surface area contributed by atoms with Gasteiger partial charge in [-0.1, -0.05) is 12.1 Å². The van der Waals surface area contributed by atoms with Crippen LogP contribution in [0.1, 0.15) is 42.0 Å². The van der Waals surface area contributed by atoms with Crippen molar-refractivity contribution in [2.45, 2.75) is 38.6 Å². The molecule has 0 bridgehead atoms. The highest BCUT2D eigenvalue weighted by molar-refractivity contribution is 7.21. The lowest BCUT2D eigenvalue weighted by molar-refractivity contribution is 0.193. The highest BCUT2D eigenvalue weighted by Crippen LogP contribution is 2.33. The van der Waals surface area contributed by atoms with Gasteiger partial charge in [0.15, 0.2) is 0 Å². The molecule has 1 atom stereocenters. The highest BCUT2D eigenvalue weighted by Gasteiger charge is 2.23. The number of likely N-dealkylation sites (tertiary alicyclic amines) is 1. The number of nitrogens with zero attached hydrogens (tertiary/aromatic N) is 5. The second kappa shape index (κ2) is 9.37. The van der Waals surface area contributed by atoms with E-state index >= 15 is 0 Å². The minimum absolute atomic E-state index is 0.442. The Bertz CT molecular complexity index is 1310. The van der Waals surface area contributed by atoms with E-state index < -0.39 is 0 Å². The summed E-state index contributed by atoms with van der Waals surface area (Å²) >= 11 is 1.62. The number of fused-ring (bicyclic) bond motifs is 1. The summed E-state index contributed by atoms with van der Waals surface area (Å²) in [6.45, 7) is 6.90. The number of aryl methyl sites for hydroxylation is 1. The monoisotopic (exact) mass is 472 g/mol. The van der Waals surface area contributed by atoms with Gasteiger partial charge in [0.05, 0.1) is 22.5 Å². The molecule has 0 unspecified atom stereocenters. The lowest BCUT2D eigenvalue weighted by Gasteiger charge is -2.20. The van der Waals surface area contributed by atoms with Crippen LogP contribution in [0.2, 0.25) is 0 Å².